The third-order valence-corrected chi connectivity index (χ3v) is 4.98. The van der Waals surface area contributed by atoms with Gasteiger partial charge in [-0.3, -0.25) is 0 Å². The third kappa shape index (κ3) is 3.16. The zero-order chi connectivity index (χ0) is 11.5. The first-order valence-corrected chi connectivity index (χ1v) is 7.68. The van der Waals surface area contributed by atoms with Gasteiger partial charge in [0.15, 0.2) is 0 Å². The van der Waals surface area contributed by atoms with Crippen molar-refractivity contribution in [3.63, 3.8) is 0 Å². The summed E-state index contributed by atoms with van der Waals surface area (Å²) in [6.07, 6.45) is 1.23. The van der Waals surface area contributed by atoms with Crippen molar-refractivity contribution in [2.45, 2.75) is 24.6 Å². The molecule has 0 radical (unpaired) electrons. The van der Waals surface area contributed by atoms with Gasteiger partial charge in [-0.25, -0.2) is 0 Å². The first kappa shape index (κ1) is 12.7. The van der Waals surface area contributed by atoms with Gasteiger partial charge in [0.25, 0.3) is 0 Å². The summed E-state index contributed by atoms with van der Waals surface area (Å²) in [4.78, 5) is 0. The molecular weight excluding hydrogens is 306 g/mol. The molecule has 1 aliphatic heterocycles. The fourth-order valence-corrected chi connectivity index (χ4v) is 3.76. The maximum Gasteiger partial charge on any atom is 0.0465 e. The topological polar surface area (TPSA) is 12.0 Å². The Hall–Kier alpha value is 0.300. The summed E-state index contributed by atoms with van der Waals surface area (Å²) in [6.45, 7) is 3.36. The van der Waals surface area contributed by atoms with Gasteiger partial charge in [-0.2, -0.15) is 11.8 Å². The molecule has 0 bridgehead atoms. The first-order chi connectivity index (χ1) is 7.66. The highest BCUT2D eigenvalue weighted by Crippen LogP contribution is 2.31. The molecule has 0 amide bonds. The lowest BCUT2D eigenvalue weighted by molar-refractivity contribution is 0.579. The number of hydrogen-bond donors (Lipinski definition) is 1. The number of halogens is 2. The maximum atomic E-state index is 6.27. The van der Waals surface area contributed by atoms with Gasteiger partial charge in [0.2, 0.25) is 0 Å². The molecule has 1 nitrogen and oxygen atoms in total. The van der Waals surface area contributed by atoms with E-state index in [4.69, 9.17) is 11.6 Å². The summed E-state index contributed by atoms with van der Waals surface area (Å²) < 4.78 is 1.04. The highest BCUT2D eigenvalue weighted by atomic mass is 79.9. The normalized spacial score (nSPS) is 26.4. The van der Waals surface area contributed by atoms with Crippen LogP contribution in [0, 0.1) is 0 Å². The second kappa shape index (κ2) is 5.76. The first-order valence-electron chi connectivity index (χ1n) is 5.47. The molecular formula is C12H15BrClNS. The Morgan fingerprint density at radius 3 is 3.06 bits per heavy atom. The lowest BCUT2D eigenvalue weighted by Crippen LogP contribution is -2.22. The van der Waals surface area contributed by atoms with Crippen molar-refractivity contribution in [3.05, 3.63) is 33.3 Å². The second-order valence-corrected chi connectivity index (χ2v) is 6.90. The van der Waals surface area contributed by atoms with E-state index in [2.05, 4.69) is 40.3 Å². The van der Waals surface area contributed by atoms with E-state index < -0.39 is 0 Å². The van der Waals surface area contributed by atoms with Crippen molar-refractivity contribution >= 4 is 39.3 Å². The van der Waals surface area contributed by atoms with Crippen molar-refractivity contribution < 1.29 is 0 Å². The average molecular weight is 321 g/mol. The summed E-state index contributed by atoms with van der Waals surface area (Å²) in [6, 6.07) is 6.52. The van der Waals surface area contributed by atoms with Gasteiger partial charge >= 0.3 is 0 Å². The van der Waals surface area contributed by atoms with Crippen molar-refractivity contribution in [1.29, 1.82) is 0 Å². The van der Waals surface area contributed by atoms with Gasteiger partial charge < -0.3 is 5.32 Å². The molecule has 2 rings (SSSR count). The van der Waals surface area contributed by atoms with Crippen LogP contribution >= 0.6 is 39.3 Å². The molecule has 0 aliphatic carbocycles. The number of benzene rings is 1. The quantitative estimate of drug-likeness (QED) is 0.830. The molecule has 2 unspecified atom stereocenters. The molecule has 2 atom stereocenters. The molecule has 0 saturated carbocycles. The van der Waals surface area contributed by atoms with E-state index in [1.165, 1.54) is 12.0 Å². The van der Waals surface area contributed by atoms with Crippen molar-refractivity contribution in [3.8, 4) is 0 Å². The summed E-state index contributed by atoms with van der Waals surface area (Å²) in [5.41, 5.74) is 1.21. The third-order valence-electron chi connectivity index (χ3n) is 2.83. The van der Waals surface area contributed by atoms with Crippen LogP contribution in [0.4, 0.5) is 0 Å². The Labute approximate surface area is 114 Å². The van der Waals surface area contributed by atoms with Crippen LogP contribution in [0.5, 0.6) is 0 Å². The van der Waals surface area contributed by atoms with Crippen LogP contribution in [0.2, 0.25) is 5.02 Å². The average Bonchev–Trinajstić information content (AvgIpc) is 2.43. The van der Waals surface area contributed by atoms with Crippen LogP contribution < -0.4 is 5.32 Å². The van der Waals surface area contributed by atoms with Crippen molar-refractivity contribution in [2.75, 3.05) is 12.3 Å². The van der Waals surface area contributed by atoms with Crippen LogP contribution in [0.25, 0.3) is 0 Å². The van der Waals surface area contributed by atoms with E-state index in [-0.39, 0.29) is 0 Å². The monoisotopic (exact) mass is 319 g/mol. The summed E-state index contributed by atoms with van der Waals surface area (Å²) in [5.74, 6) is 1.10. The predicted molar refractivity (Wildman–Crippen MR) is 76.4 cm³/mol. The van der Waals surface area contributed by atoms with Gasteiger partial charge in [0.1, 0.15) is 0 Å². The standard InChI is InChI=1S/C12H15BrClNS/c1-8-4-5-15-12(7-16-8)10-3-2-9(13)6-11(10)14/h2-3,6,8,12,15H,4-5,7H2,1H3. The second-order valence-electron chi connectivity index (χ2n) is 4.11. The van der Waals surface area contributed by atoms with Gasteiger partial charge in [-0.15, -0.1) is 0 Å². The van der Waals surface area contributed by atoms with Gasteiger partial charge in [-0.1, -0.05) is 40.5 Å². The van der Waals surface area contributed by atoms with Gasteiger partial charge in [0, 0.05) is 26.5 Å². The van der Waals surface area contributed by atoms with Crippen LogP contribution in [-0.2, 0) is 0 Å². The van der Waals surface area contributed by atoms with E-state index >= 15 is 0 Å². The summed E-state index contributed by atoms with van der Waals surface area (Å²) >= 11 is 11.7. The Kier molecular flexibility index (Phi) is 4.59. The van der Waals surface area contributed by atoms with Gasteiger partial charge in [-0.05, 0) is 30.7 Å². The fraction of sp³-hybridized carbons (Fsp3) is 0.500. The minimum atomic E-state index is 0.385. The predicted octanol–water partition coefficient (Wildman–Crippen LogP) is 4.26. The molecule has 0 aromatic heterocycles. The smallest absolute Gasteiger partial charge is 0.0465 e. The molecule has 1 heterocycles. The van der Waals surface area contributed by atoms with Crippen molar-refractivity contribution in [2.24, 2.45) is 0 Å². The largest absolute Gasteiger partial charge is 0.309 e. The lowest BCUT2D eigenvalue weighted by atomic mass is 10.1. The molecule has 1 saturated heterocycles. The zero-order valence-electron chi connectivity index (χ0n) is 9.17. The van der Waals surface area contributed by atoms with Crippen LogP contribution in [0.15, 0.2) is 22.7 Å². The molecule has 1 N–H and O–H groups in total. The Morgan fingerprint density at radius 1 is 1.50 bits per heavy atom. The van der Waals surface area contributed by atoms with Crippen molar-refractivity contribution in [1.82, 2.24) is 5.32 Å². The Balaban J connectivity index is 2.16. The fourth-order valence-electron chi connectivity index (χ4n) is 1.85. The molecule has 1 aromatic carbocycles. The highest BCUT2D eigenvalue weighted by molar-refractivity contribution is 9.10. The number of thioether (sulfide) groups is 1. The number of hydrogen-bond acceptors (Lipinski definition) is 2. The van der Waals surface area contributed by atoms with E-state index in [1.807, 2.05) is 17.8 Å². The zero-order valence-corrected chi connectivity index (χ0v) is 12.3. The molecule has 1 aromatic rings. The molecule has 1 aliphatic rings. The lowest BCUT2D eigenvalue weighted by Gasteiger charge is -2.17. The molecule has 1 fully saturated rings. The summed E-state index contributed by atoms with van der Waals surface area (Å²) in [5, 5.41) is 5.16. The van der Waals surface area contributed by atoms with Crippen LogP contribution in [0.3, 0.4) is 0 Å². The van der Waals surface area contributed by atoms with Crippen LogP contribution in [0.1, 0.15) is 24.9 Å². The van der Waals surface area contributed by atoms with E-state index in [1.54, 1.807) is 0 Å². The van der Waals surface area contributed by atoms with Gasteiger partial charge in [0.05, 0.1) is 0 Å². The minimum absolute atomic E-state index is 0.385. The number of rotatable bonds is 1. The maximum absolute atomic E-state index is 6.27. The highest BCUT2D eigenvalue weighted by Gasteiger charge is 2.19. The summed E-state index contributed by atoms with van der Waals surface area (Å²) in [7, 11) is 0. The number of nitrogens with one attached hydrogen (secondary N) is 1. The molecule has 16 heavy (non-hydrogen) atoms. The molecule has 88 valence electrons. The minimum Gasteiger partial charge on any atom is -0.309 e. The van der Waals surface area contributed by atoms with E-state index in [0.717, 1.165) is 27.0 Å². The molecule has 0 spiro atoms. The van der Waals surface area contributed by atoms with Crippen LogP contribution in [-0.4, -0.2) is 17.5 Å². The Bertz CT molecular complexity index is 372. The van der Waals surface area contributed by atoms with E-state index in [9.17, 15) is 0 Å². The Morgan fingerprint density at radius 2 is 2.31 bits per heavy atom. The molecule has 4 heteroatoms. The van der Waals surface area contributed by atoms with E-state index in [0.29, 0.717) is 6.04 Å². The SMILES string of the molecule is CC1CCNC(c2ccc(Br)cc2Cl)CS1.